The van der Waals surface area contributed by atoms with Crippen molar-refractivity contribution in [2.24, 2.45) is 0 Å². The first-order valence-electron chi connectivity index (χ1n) is 9.17. The lowest BCUT2D eigenvalue weighted by molar-refractivity contribution is -0.113. The summed E-state index contributed by atoms with van der Waals surface area (Å²) >= 11 is 1.19. The fraction of sp³-hybridized carbons (Fsp3) is 0.182. The second kappa shape index (κ2) is 9.84. The molecule has 3 aromatic rings. The molecule has 0 spiro atoms. The van der Waals surface area contributed by atoms with Crippen molar-refractivity contribution < 1.29 is 14.3 Å². The van der Waals surface area contributed by atoms with Crippen LogP contribution < -0.4 is 5.32 Å². The van der Waals surface area contributed by atoms with E-state index in [1.165, 1.54) is 11.8 Å². The van der Waals surface area contributed by atoms with Crippen molar-refractivity contribution in [2.45, 2.75) is 18.9 Å². The Balaban J connectivity index is 1.86. The maximum atomic E-state index is 12.5. The van der Waals surface area contributed by atoms with Crippen LogP contribution in [-0.4, -0.2) is 34.2 Å². The summed E-state index contributed by atoms with van der Waals surface area (Å²) in [5, 5.41) is 3.26. The van der Waals surface area contributed by atoms with Gasteiger partial charge in [-0.1, -0.05) is 60.3 Å². The second-order valence-electron chi connectivity index (χ2n) is 6.10. The summed E-state index contributed by atoms with van der Waals surface area (Å²) < 4.78 is 5.16. The molecule has 0 aliphatic rings. The van der Waals surface area contributed by atoms with Gasteiger partial charge in [0.25, 0.3) is 0 Å². The molecule has 7 heteroatoms. The molecule has 1 heterocycles. The lowest BCUT2D eigenvalue weighted by Crippen LogP contribution is -2.16. The van der Waals surface area contributed by atoms with Crippen LogP contribution >= 0.6 is 11.8 Å². The van der Waals surface area contributed by atoms with Crippen molar-refractivity contribution in [3.63, 3.8) is 0 Å². The Morgan fingerprint density at radius 1 is 1.00 bits per heavy atom. The molecule has 148 valence electrons. The highest BCUT2D eigenvalue weighted by Crippen LogP contribution is 2.27. The normalized spacial score (nSPS) is 10.4. The molecule has 0 atom stereocenters. The Bertz CT molecular complexity index is 995. The van der Waals surface area contributed by atoms with Gasteiger partial charge in [-0.25, -0.2) is 14.8 Å². The standard InChI is InChI=1S/C22H21N3O3S/c1-3-28-22(27)19-15(2)23-20(16-10-6-4-7-11-16)25-21(19)29-14-18(26)24-17-12-8-5-9-13-17/h4-13H,3,14H2,1-2H3,(H,24,26). The third-order valence-electron chi connectivity index (χ3n) is 3.97. The van der Waals surface area contributed by atoms with Crippen molar-refractivity contribution in [2.75, 3.05) is 17.7 Å². The molecule has 0 bridgehead atoms. The molecule has 0 saturated heterocycles. The zero-order chi connectivity index (χ0) is 20.6. The first kappa shape index (κ1) is 20.5. The second-order valence-corrected chi connectivity index (χ2v) is 7.07. The first-order chi connectivity index (χ1) is 14.1. The lowest BCUT2D eigenvalue weighted by Gasteiger charge is -2.12. The molecule has 1 N–H and O–H groups in total. The molecule has 1 amide bonds. The largest absolute Gasteiger partial charge is 0.462 e. The van der Waals surface area contributed by atoms with Crippen LogP contribution in [0.25, 0.3) is 11.4 Å². The summed E-state index contributed by atoms with van der Waals surface area (Å²) in [4.78, 5) is 33.8. The van der Waals surface area contributed by atoms with Gasteiger partial charge in [-0.05, 0) is 26.0 Å². The van der Waals surface area contributed by atoms with E-state index in [-0.39, 0.29) is 18.3 Å². The van der Waals surface area contributed by atoms with Crippen LogP contribution in [0, 0.1) is 6.92 Å². The highest BCUT2D eigenvalue weighted by molar-refractivity contribution is 8.00. The van der Waals surface area contributed by atoms with E-state index in [0.29, 0.717) is 27.8 Å². The number of amides is 1. The summed E-state index contributed by atoms with van der Waals surface area (Å²) in [6.45, 7) is 3.73. The smallest absolute Gasteiger partial charge is 0.342 e. The Labute approximate surface area is 173 Å². The molecule has 0 unspecified atom stereocenters. The highest BCUT2D eigenvalue weighted by atomic mass is 32.2. The zero-order valence-electron chi connectivity index (χ0n) is 16.2. The molecule has 3 rings (SSSR count). The number of carbonyl (C=O) groups excluding carboxylic acids is 2. The lowest BCUT2D eigenvalue weighted by atomic mass is 10.2. The van der Waals surface area contributed by atoms with Crippen LogP contribution in [0.3, 0.4) is 0 Å². The van der Waals surface area contributed by atoms with Crippen molar-refractivity contribution in [3.05, 3.63) is 71.9 Å². The average Bonchev–Trinajstić information content (AvgIpc) is 2.73. The van der Waals surface area contributed by atoms with Gasteiger partial charge in [0, 0.05) is 11.3 Å². The summed E-state index contributed by atoms with van der Waals surface area (Å²) in [7, 11) is 0. The Morgan fingerprint density at radius 3 is 2.31 bits per heavy atom. The fourth-order valence-corrected chi connectivity index (χ4v) is 3.52. The summed E-state index contributed by atoms with van der Waals surface area (Å²) in [6, 6.07) is 18.7. The number of aryl methyl sites for hydroxylation is 1. The molecule has 0 radical (unpaired) electrons. The minimum Gasteiger partial charge on any atom is -0.462 e. The van der Waals surface area contributed by atoms with Crippen LogP contribution in [0.5, 0.6) is 0 Å². The van der Waals surface area contributed by atoms with Gasteiger partial charge in [-0.3, -0.25) is 4.79 Å². The Kier molecular flexibility index (Phi) is 6.97. The van der Waals surface area contributed by atoms with Crippen molar-refractivity contribution in [3.8, 4) is 11.4 Å². The number of nitrogens with zero attached hydrogens (tertiary/aromatic N) is 2. The van der Waals surface area contributed by atoms with Crippen molar-refractivity contribution in [1.82, 2.24) is 9.97 Å². The summed E-state index contributed by atoms with van der Waals surface area (Å²) in [5.41, 5.74) is 2.36. The van der Waals surface area contributed by atoms with E-state index in [4.69, 9.17) is 4.74 Å². The molecule has 0 aliphatic heterocycles. The van der Waals surface area contributed by atoms with E-state index in [0.717, 1.165) is 5.56 Å². The molecule has 1 aromatic heterocycles. The topological polar surface area (TPSA) is 81.2 Å². The number of anilines is 1. The summed E-state index contributed by atoms with van der Waals surface area (Å²) in [5.74, 6) is -0.0716. The molecular weight excluding hydrogens is 386 g/mol. The van der Waals surface area contributed by atoms with Gasteiger partial charge < -0.3 is 10.1 Å². The van der Waals surface area contributed by atoms with Crippen LogP contribution in [-0.2, 0) is 9.53 Å². The van der Waals surface area contributed by atoms with E-state index >= 15 is 0 Å². The quantitative estimate of drug-likeness (QED) is 0.356. The van der Waals surface area contributed by atoms with E-state index in [1.54, 1.807) is 13.8 Å². The highest BCUT2D eigenvalue weighted by Gasteiger charge is 2.21. The van der Waals surface area contributed by atoms with Gasteiger partial charge in [0.15, 0.2) is 5.82 Å². The van der Waals surface area contributed by atoms with Crippen molar-refractivity contribution in [1.29, 1.82) is 0 Å². The van der Waals surface area contributed by atoms with Gasteiger partial charge in [-0.15, -0.1) is 0 Å². The maximum absolute atomic E-state index is 12.5. The number of hydrogen-bond donors (Lipinski definition) is 1. The van der Waals surface area contributed by atoms with E-state index in [9.17, 15) is 9.59 Å². The average molecular weight is 407 g/mol. The van der Waals surface area contributed by atoms with Gasteiger partial charge in [0.1, 0.15) is 10.6 Å². The Morgan fingerprint density at radius 2 is 1.66 bits per heavy atom. The monoisotopic (exact) mass is 407 g/mol. The van der Waals surface area contributed by atoms with Crippen LogP contribution in [0.4, 0.5) is 5.69 Å². The first-order valence-corrected chi connectivity index (χ1v) is 10.2. The van der Waals surface area contributed by atoms with Gasteiger partial charge >= 0.3 is 5.97 Å². The van der Waals surface area contributed by atoms with Crippen LogP contribution in [0.1, 0.15) is 23.0 Å². The number of nitrogens with one attached hydrogen (secondary N) is 1. The number of para-hydroxylation sites is 1. The van der Waals surface area contributed by atoms with E-state index in [1.807, 2.05) is 60.7 Å². The van der Waals surface area contributed by atoms with Gasteiger partial charge in [0.2, 0.25) is 5.91 Å². The number of benzene rings is 2. The number of ether oxygens (including phenoxy) is 1. The van der Waals surface area contributed by atoms with Gasteiger partial charge in [0.05, 0.1) is 18.1 Å². The number of thioether (sulfide) groups is 1. The minimum atomic E-state index is -0.490. The third kappa shape index (κ3) is 5.42. The molecule has 0 saturated carbocycles. The van der Waals surface area contributed by atoms with Gasteiger partial charge in [-0.2, -0.15) is 0 Å². The SMILES string of the molecule is CCOC(=O)c1c(C)nc(-c2ccccc2)nc1SCC(=O)Nc1ccccc1. The fourth-order valence-electron chi connectivity index (χ4n) is 2.66. The number of carbonyl (C=O) groups is 2. The predicted molar refractivity (Wildman–Crippen MR) is 114 cm³/mol. The number of hydrogen-bond acceptors (Lipinski definition) is 6. The third-order valence-corrected chi connectivity index (χ3v) is 4.94. The maximum Gasteiger partial charge on any atom is 0.342 e. The van der Waals surface area contributed by atoms with Crippen LogP contribution in [0.2, 0.25) is 0 Å². The molecule has 0 fully saturated rings. The zero-order valence-corrected chi connectivity index (χ0v) is 17.0. The van der Waals surface area contributed by atoms with E-state index in [2.05, 4.69) is 15.3 Å². The number of rotatable bonds is 7. The minimum absolute atomic E-state index is 0.103. The molecule has 2 aromatic carbocycles. The van der Waals surface area contributed by atoms with Crippen LogP contribution in [0.15, 0.2) is 65.7 Å². The van der Waals surface area contributed by atoms with E-state index < -0.39 is 5.97 Å². The molecular formula is C22H21N3O3S. The Hall–Kier alpha value is -3.19. The molecule has 29 heavy (non-hydrogen) atoms. The molecule has 6 nitrogen and oxygen atoms in total. The summed E-state index contributed by atoms with van der Waals surface area (Å²) in [6.07, 6.45) is 0. The van der Waals surface area contributed by atoms with Crippen molar-refractivity contribution >= 4 is 29.3 Å². The molecule has 0 aliphatic carbocycles. The number of aromatic nitrogens is 2. The predicted octanol–water partition coefficient (Wildman–Crippen LogP) is 4.36. The number of esters is 1.